The third kappa shape index (κ3) is 3.64. The first-order chi connectivity index (χ1) is 14.1. The van der Waals surface area contributed by atoms with Gasteiger partial charge in [0.25, 0.3) is 0 Å². The molecule has 0 bridgehead atoms. The van der Waals surface area contributed by atoms with Crippen LogP contribution in [-0.2, 0) is 6.18 Å². The summed E-state index contributed by atoms with van der Waals surface area (Å²) in [7, 11) is 0. The molecule has 0 spiro atoms. The van der Waals surface area contributed by atoms with Crippen molar-refractivity contribution in [3.63, 3.8) is 0 Å². The lowest BCUT2D eigenvalue weighted by molar-refractivity contribution is -0.144. The molecule has 0 unspecified atom stereocenters. The molecule has 0 fully saturated rings. The minimum Gasteiger partial charge on any atom is -0.403 e. The zero-order chi connectivity index (χ0) is 21.6. The predicted molar refractivity (Wildman–Crippen MR) is 106 cm³/mol. The van der Waals surface area contributed by atoms with Gasteiger partial charge in [-0.05, 0) is 30.7 Å². The van der Waals surface area contributed by atoms with Crippen LogP contribution in [0.25, 0.3) is 33.6 Å². The molecule has 0 amide bonds. The second kappa shape index (κ2) is 7.37. The van der Waals surface area contributed by atoms with Crippen LogP contribution in [0.4, 0.5) is 13.2 Å². The second-order valence-electron chi connectivity index (χ2n) is 6.36. The zero-order valence-electron chi connectivity index (χ0n) is 15.1. The Morgan fingerprint density at radius 2 is 1.77 bits per heavy atom. The number of aromatic nitrogens is 3. The predicted octanol–water partition coefficient (Wildman–Crippen LogP) is 5.95. The summed E-state index contributed by atoms with van der Waals surface area (Å²) in [5.41, 5.74) is 0.188. The monoisotopic (exact) mass is 451 g/mol. The van der Waals surface area contributed by atoms with Crippen molar-refractivity contribution in [2.24, 2.45) is 0 Å². The molecule has 0 aliphatic carbocycles. The van der Waals surface area contributed by atoms with Gasteiger partial charge in [0.05, 0.1) is 22.2 Å². The quantitative estimate of drug-likeness (QED) is 0.376. The number of alkyl halides is 3. The summed E-state index contributed by atoms with van der Waals surface area (Å²) < 4.78 is 45.0. The standard InChI is InChI=1S/C20H10Cl2F3N3O2/c1-9-6-10(21)7-12-15(9)27-17(30-18(12)29)13-8-26-19(20(23,24)25)28-16(13)11-4-2-3-5-14(11)22/h2-8H,1H3. The third-order valence-corrected chi connectivity index (χ3v) is 4.84. The number of rotatable bonds is 2. The fourth-order valence-corrected chi connectivity index (χ4v) is 3.45. The fourth-order valence-electron chi connectivity index (χ4n) is 2.96. The zero-order valence-corrected chi connectivity index (χ0v) is 16.6. The summed E-state index contributed by atoms with van der Waals surface area (Å²) in [6.07, 6.45) is -3.86. The minimum atomic E-state index is -4.78. The third-order valence-electron chi connectivity index (χ3n) is 4.29. The van der Waals surface area contributed by atoms with E-state index in [1.54, 1.807) is 25.1 Å². The van der Waals surface area contributed by atoms with Gasteiger partial charge in [0.2, 0.25) is 11.7 Å². The van der Waals surface area contributed by atoms with E-state index in [0.717, 1.165) is 6.20 Å². The van der Waals surface area contributed by atoms with Crippen LogP contribution in [0.5, 0.6) is 0 Å². The van der Waals surface area contributed by atoms with Gasteiger partial charge in [-0.1, -0.05) is 41.4 Å². The molecule has 4 rings (SSSR count). The van der Waals surface area contributed by atoms with Crippen LogP contribution in [0, 0.1) is 6.92 Å². The van der Waals surface area contributed by atoms with Crippen LogP contribution >= 0.6 is 23.2 Å². The number of nitrogens with zero attached hydrogens (tertiary/aromatic N) is 3. The molecule has 0 aliphatic rings. The van der Waals surface area contributed by atoms with E-state index in [2.05, 4.69) is 15.0 Å². The van der Waals surface area contributed by atoms with Crippen molar-refractivity contribution in [3.05, 3.63) is 74.4 Å². The van der Waals surface area contributed by atoms with Crippen molar-refractivity contribution in [3.8, 4) is 22.7 Å². The van der Waals surface area contributed by atoms with E-state index < -0.39 is 17.6 Å². The van der Waals surface area contributed by atoms with Gasteiger partial charge in [0, 0.05) is 21.8 Å². The highest BCUT2D eigenvalue weighted by molar-refractivity contribution is 6.33. The van der Waals surface area contributed by atoms with E-state index in [4.69, 9.17) is 27.6 Å². The second-order valence-corrected chi connectivity index (χ2v) is 7.20. The van der Waals surface area contributed by atoms with Crippen LogP contribution in [-0.4, -0.2) is 15.0 Å². The Labute approximate surface area is 177 Å². The van der Waals surface area contributed by atoms with Gasteiger partial charge in [-0.15, -0.1) is 0 Å². The average molecular weight is 452 g/mol. The van der Waals surface area contributed by atoms with Gasteiger partial charge >= 0.3 is 11.8 Å². The highest BCUT2D eigenvalue weighted by Crippen LogP contribution is 2.36. The first-order valence-electron chi connectivity index (χ1n) is 8.45. The van der Waals surface area contributed by atoms with Crippen molar-refractivity contribution >= 4 is 34.1 Å². The van der Waals surface area contributed by atoms with Gasteiger partial charge in [-0.2, -0.15) is 13.2 Å². The molecule has 2 aromatic heterocycles. The topological polar surface area (TPSA) is 68.9 Å². The maximum Gasteiger partial charge on any atom is 0.451 e. The SMILES string of the molecule is Cc1cc(Cl)cc2c(=O)oc(-c3cnc(C(F)(F)F)nc3-c3ccccc3Cl)nc12. The molecule has 0 radical (unpaired) electrons. The molecule has 30 heavy (non-hydrogen) atoms. The average Bonchev–Trinajstić information content (AvgIpc) is 2.68. The Hall–Kier alpha value is -2.97. The van der Waals surface area contributed by atoms with Crippen molar-refractivity contribution < 1.29 is 17.6 Å². The molecule has 2 aromatic carbocycles. The van der Waals surface area contributed by atoms with E-state index in [1.165, 1.54) is 18.2 Å². The summed E-state index contributed by atoms with van der Waals surface area (Å²) in [5, 5.41) is 0.643. The Balaban J connectivity index is 2.04. The van der Waals surface area contributed by atoms with E-state index in [0.29, 0.717) is 16.1 Å². The Morgan fingerprint density at radius 3 is 2.47 bits per heavy atom. The van der Waals surface area contributed by atoms with E-state index in [9.17, 15) is 18.0 Å². The number of hydrogen-bond donors (Lipinski definition) is 0. The molecule has 0 aliphatic heterocycles. The van der Waals surface area contributed by atoms with E-state index in [-0.39, 0.29) is 33.1 Å². The molecule has 0 atom stereocenters. The summed E-state index contributed by atoms with van der Waals surface area (Å²) >= 11 is 12.2. The molecule has 2 heterocycles. The molecule has 10 heteroatoms. The van der Waals surface area contributed by atoms with E-state index >= 15 is 0 Å². The maximum absolute atomic E-state index is 13.2. The Kier molecular flexibility index (Phi) is 4.99. The number of benzene rings is 2. The van der Waals surface area contributed by atoms with Crippen LogP contribution in [0.1, 0.15) is 11.4 Å². The van der Waals surface area contributed by atoms with Crippen molar-refractivity contribution in [2.45, 2.75) is 13.1 Å². The van der Waals surface area contributed by atoms with Crippen LogP contribution in [0.2, 0.25) is 10.0 Å². The van der Waals surface area contributed by atoms with Crippen LogP contribution < -0.4 is 5.63 Å². The molecular weight excluding hydrogens is 442 g/mol. The first kappa shape index (κ1) is 20.3. The normalized spacial score (nSPS) is 11.8. The number of aryl methyl sites for hydroxylation is 1. The number of hydrogen-bond acceptors (Lipinski definition) is 5. The summed E-state index contributed by atoms with van der Waals surface area (Å²) in [6, 6.07) is 9.24. The van der Waals surface area contributed by atoms with Crippen LogP contribution in [0.3, 0.4) is 0 Å². The molecule has 152 valence electrons. The largest absolute Gasteiger partial charge is 0.451 e. The molecule has 4 aromatic rings. The minimum absolute atomic E-state index is 0.00977. The number of halogens is 5. The highest BCUT2D eigenvalue weighted by atomic mass is 35.5. The summed E-state index contributed by atoms with van der Waals surface area (Å²) in [5.74, 6) is -1.59. The summed E-state index contributed by atoms with van der Waals surface area (Å²) in [6.45, 7) is 1.70. The first-order valence-corrected chi connectivity index (χ1v) is 9.21. The van der Waals surface area contributed by atoms with Crippen LogP contribution in [0.15, 0.2) is 51.8 Å². The smallest absolute Gasteiger partial charge is 0.403 e. The van der Waals surface area contributed by atoms with Crippen molar-refractivity contribution in [1.82, 2.24) is 15.0 Å². The molecule has 0 saturated heterocycles. The Morgan fingerprint density at radius 1 is 1.03 bits per heavy atom. The van der Waals surface area contributed by atoms with Gasteiger partial charge in [0.15, 0.2) is 0 Å². The van der Waals surface area contributed by atoms with Gasteiger partial charge in [-0.3, -0.25) is 0 Å². The summed E-state index contributed by atoms with van der Waals surface area (Å²) in [4.78, 5) is 23.9. The van der Waals surface area contributed by atoms with Gasteiger partial charge in [0.1, 0.15) is 0 Å². The molecular formula is C20H10Cl2F3N3O2. The molecule has 0 saturated carbocycles. The Bertz CT molecular complexity index is 1350. The van der Waals surface area contributed by atoms with Crippen molar-refractivity contribution in [2.75, 3.05) is 0 Å². The number of fused-ring (bicyclic) bond motifs is 1. The maximum atomic E-state index is 13.2. The lowest BCUT2D eigenvalue weighted by atomic mass is 10.1. The van der Waals surface area contributed by atoms with Gasteiger partial charge in [-0.25, -0.2) is 19.7 Å². The lowest BCUT2D eigenvalue weighted by Crippen LogP contribution is -2.12. The molecule has 0 N–H and O–H groups in total. The molecule has 5 nitrogen and oxygen atoms in total. The highest BCUT2D eigenvalue weighted by Gasteiger charge is 2.36. The lowest BCUT2D eigenvalue weighted by Gasteiger charge is -2.12. The van der Waals surface area contributed by atoms with Crippen molar-refractivity contribution in [1.29, 1.82) is 0 Å². The fraction of sp³-hybridized carbons (Fsp3) is 0.100. The van der Waals surface area contributed by atoms with Gasteiger partial charge < -0.3 is 4.42 Å². The van der Waals surface area contributed by atoms with E-state index in [1.807, 2.05) is 0 Å².